The third kappa shape index (κ3) is 4.22. The highest BCUT2D eigenvalue weighted by molar-refractivity contribution is 5.61. The first-order chi connectivity index (χ1) is 14.4. The maximum Gasteiger partial charge on any atom is 0.294 e. The van der Waals surface area contributed by atoms with Crippen molar-refractivity contribution < 1.29 is 9.85 Å². The van der Waals surface area contributed by atoms with E-state index in [1.165, 1.54) is 42.5 Å². The Labute approximate surface area is 166 Å². The van der Waals surface area contributed by atoms with Gasteiger partial charge in [0.1, 0.15) is 16.7 Å². The molecule has 0 radical (unpaired) electrons. The number of hydrogen-bond acceptors (Lipinski definition) is 10. The second-order valence-electron chi connectivity index (χ2n) is 5.76. The summed E-state index contributed by atoms with van der Waals surface area (Å²) in [6, 6.07) is 13.4. The molecule has 12 heteroatoms. The SMILES string of the molecule is O=c1cc/c(=N\Nc2ccccc2[N+](=O)[O-])c(=O)/c1=N/Nc1ccccc1[N+](=O)[O-]. The first-order valence-corrected chi connectivity index (χ1v) is 8.30. The van der Waals surface area contributed by atoms with Crippen LogP contribution in [0.15, 0.2) is 80.5 Å². The molecule has 12 nitrogen and oxygen atoms in total. The van der Waals surface area contributed by atoms with Crippen LogP contribution in [0.1, 0.15) is 0 Å². The summed E-state index contributed by atoms with van der Waals surface area (Å²) in [5.74, 6) is 0. The van der Waals surface area contributed by atoms with Crippen LogP contribution in [0, 0.1) is 20.2 Å². The van der Waals surface area contributed by atoms with Gasteiger partial charge in [-0.3, -0.25) is 40.7 Å². The number of benzene rings is 3. The van der Waals surface area contributed by atoms with Crippen molar-refractivity contribution in [2.24, 2.45) is 10.2 Å². The second-order valence-corrected chi connectivity index (χ2v) is 5.76. The van der Waals surface area contributed by atoms with Crippen molar-refractivity contribution in [3.63, 3.8) is 0 Å². The van der Waals surface area contributed by atoms with Crippen LogP contribution in [0.2, 0.25) is 0 Å². The van der Waals surface area contributed by atoms with E-state index in [9.17, 15) is 29.8 Å². The predicted octanol–water partition coefficient (Wildman–Crippen LogP) is 0.955. The Morgan fingerprint density at radius 3 is 1.73 bits per heavy atom. The molecule has 0 saturated carbocycles. The topological polar surface area (TPSA) is 169 Å². The van der Waals surface area contributed by atoms with Gasteiger partial charge in [-0.05, 0) is 24.3 Å². The zero-order valence-electron chi connectivity index (χ0n) is 15.0. The average Bonchev–Trinajstić information content (AvgIpc) is 2.73. The molecule has 3 aromatic rings. The first-order valence-electron chi connectivity index (χ1n) is 8.30. The molecule has 30 heavy (non-hydrogen) atoms. The molecule has 3 aromatic carbocycles. The van der Waals surface area contributed by atoms with Crippen LogP contribution in [-0.4, -0.2) is 9.85 Å². The van der Waals surface area contributed by atoms with Gasteiger partial charge in [-0.2, -0.15) is 10.2 Å². The minimum atomic E-state index is -0.861. The van der Waals surface area contributed by atoms with E-state index in [0.29, 0.717) is 0 Å². The van der Waals surface area contributed by atoms with Crippen LogP contribution < -0.4 is 32.4 Å². The second kappa shape index (κ2) is 8.52. The van der Waals surface area contributed by atoms with E-state index in [2.05, 4.69) is 21.1 Å². The molecular formula is C18H12N6O6. The van der Waals surface area contributed by atoms with Crippen LogP contribution in [-0.2, 0) is 0 Å². The lowest BCUT2D eigenvalue weighted by atomic mass is 10.3. The summed E-state index contributed by atoms with van der Waals surface area (Å²) in [6.07, 6.45) is 0. The van der Waals surface area contributed by atoms with Crippen molar-refractivity contribution in [3.8, 4) is 0 Å². The molecule has 0 fully saturated rings. The summed E-state index contributed by atoms with van der Waals surface area (Å²) in [7, 11) is 0. The fourth-order valence-electron chi connectivity index (χ4n) is 2.43. The number of nitrogens with one attached hydrogen (secondary N) is 2. The Morgan fingerprint density at radius 1 is 0.700 bits per heavy atom. The minimum Gasteiger partial charge on any atom is -0.287 e. The smallest absolute Gasteiger partial charge is 0.287 e. The summed E-state index contributed by atoms with van der Waals surface area (Å²) < 4.78 is 0. The molecule has 0 unspecified atom stereocenters. The van der Waals surface area contributed by atoms with Crippen LogP contribution in [0.3, 0.4) is 0 Å². The fraction of sp³-hybridized carbons (Fsp3) is 0. The number of hydrogen-bond donors (Lipinski definition) is 2. The van der Waals surface area contributed by atoms with Crippen molar-refractivity contribution in [2.75, 3.05) is 10.9 Å². The number of nitro benzene ring substituents is 2. The molecule has 0 aliphatic heterocycles. The zero-order valence-corrected chi connectivity index (χ0v) is 15.0. The van der Waals surface area contributed by atoms with Crippen molar-refractivity contribution in [3.05, 3.63) is 112 Å². The number of nitro groups is 2. The van der Waals surface area contributed by atoms with Gasteiger partial charge in [-0.15, -0.1) is 0 Å². The summed E-state index contributed by atoms with van der Waals surface area (Å²) in [6.45, 7) is 0. The van der Waals surface area contributed by atoms with Crippen molar-refractivity contribution >= 4 is 22.7 Å². The highest BCUT2D eigenvalue weighted by Crippen LogP contribution is 2.23. The lowest BCUT2D eigenvalue weighted by Gasteiger charge is -2.01. The molecule has 0 aliphatic rings. The van der Waals surface area contributed by atoms with E-state index in [-0.39, 0.29) is 28.1 Å². The summed E-state index contributed by atoms with van der Waals surface area (Å²) >= 11 is 0. The van der Waals surface area contributed by atoms with Gasteiger partial charge in [0.05, 0.1) is 9.85 Å². The van der Waals surface area contributed by atoms with Gasteiger partial charge in [0, 0.05) is 12.1 Å². The molecule has 3 rings (SSSR count). The van der Waals surface area contributed by atoms with Gasteiger partial charge in [0.15, 0.2) is 5.36 Å². The molecule has 150 valence electrons. The standard InChI is InChI=1S/C18H12N6O6/c25-16-10-9-13(21-19-11-5-1-3-7-14(11)23(27)28)18(26)17(16)22-20-12-6-2-4-8-15(12)24(29)30/h1-10,19-20H/b21-13+,22-17+. The third-order valence-corrected chi connectivity index (χ3v) is 3.86. The maximum atomic E-state index is 12.5. The van der Waals surface area contributed by atoms with E-state index in [4.69, 9.17) is 0 Å². The van der Waals surface area contributed by atoms with Crippen molar-refractivity contribution in [2.45, 2.75) is 0 Å². The van der Waals surface area contributed by atoms with Crippen molar-refractivity contribution in [1.29, 1.82) is 0 Å². The zero-order chi connectivity index (χ0) is 21.7. The fourth-order valence-corrected chi connectivity index (χ4v) is 2.43. The molecule has 0 aromatic heterocycles. The Morgan fingerprint density at radius 2 is 1.20 bits per heavy atom. The maximum absolute atomic E-state index is 12.5. The first kappa shape index (κ1) is 20.0. The number of para-hydroxylation sites is 4. The molecule has 0 bridgehead atoms. The summed E-state index contributed by atoms with van der Waals surface area (Å²) in [5, 5.41) is 28.8. The van der Waals surface area contributed by atoms with Gasteiger partial charge in [0.2, 0.25) is 10.9 Å². The van der Waals surface area contributed by atoms with Crippen molar-refractivity contribution in [1.82, 2.24) is 0 Å². The highest BCUT2D eigenvalue weighted by Gasteiger charge is 2.13. The van der Waals surface area contributed by atoms with Gasteiger partial charge in [0.25, 0.3) is 11.4 Å². The predicted molar refractivity (Wildman–Crippen MR) is 106 cm³/mol. The molecule has 2 N–H and O–H groups in total. The summed E-state index contributed by atoms with van der Waals surface area (Å²) in [5.41, 5.74) is 2.68. The highest BCUT2D eigenvalue weighted by atomic mass is 16.6. The van der Waals surface area contributed by atoms with E-state index in [0.717, 1.165) is 12.1 Å². The minimum absolute atomic E-state index is 0.0123. The van der Waals surface area contributed by atoms with Gasteiger partial charge in [-0.25, -0.2) is 0 Å². The molecule has 0 atom stereocenters. The van der Waals surface area contributed by atoms with Crippen LogP contribution in [0.25, 0.3) is 0 Å². The number of rotatable bonds is 6. The van der Waals surface area contributed by atoms with Gasteiger partial charge >= 0.3 is 0 Å². The molecular weight excluding hydrogens is 396 g/mol. The van der Waals surface area contributed by atoms with Crippen LogP contribution in [0.5, 0.6) is 0 Å². The Kier molecular flexibility index (Phi) is 5.68. The normalized spacial score (nSPS) is 11.9. The Balaban J connectivity index is 2.01. The van der Waals surface area contributed by atoms with Gasteiger partial charge in [-0.1, -0.05) is 24.3 Å². The monoisotopic (exact) mass is 408 g/mol. The molecule has 0 aliphatic carbocycles. The third-order valence-electron chi connectivity index (χ3n) is 3.86. The van der Waals surface area contributed by atoms with E-state index in [1.807, 2.05) is 0 Å². The van der Waals surface area contributed by atoms with E-state index >= 15 is 0 Å². The summed E-state index contributed by atoms with van der Waals surface area (Å²) in [4.78, 5) is 45.4. The lowest BCUT2D eigenvalue weighted by Crippen LogP contribution is -2.48. The number of anilines is 2. The Hall–Kier alpha value is -4.74. The average molecular weight is 408 g/mol. The van der Waals surface area contributed by atoms with Crippen LogP contribution in [0.4, 0.5) is 22.7 Å². The van der Waals surface area contributed by atoms with Crippen LogP contribution >= 0.6 is 0 Å². The molecule has 0 heterocycles. The largest absolute Gasteiger partial charge is 0.294 e. The van der Waals surface area contributed by atoms with E-state index < -0.39 is 26.1 Å². The quantitative estimate of drug-likeness (QED) is 0.449. The van der Waals surface area contributed by atoms with Gasteiger partial charge < -0.3 is 0 Å². The molecule has 0 spiro atoms. The lowest BCUT2D eigenvalue weighted by molar-refractivity contribution is -0.384. The Bertz CT molecular complexity index is 1360. The number of nitrogens with zero attached hydrogens (tertiary/aromatic N) is 4. The van der Waals surface area contributed by atoms with E-state index in [1.54, 1.807) is 6.07 Å². The molecule has 0 amide bonds. The molecule has 0 saturated heterocycles.